The highest BCUT2D eigenvalue weighted by molar-refractivity contribution is 6.31. The van der Waals surface area contributed by atoms with Crippen LogP contribution in [0.2, 0.25) is 5.02 Å². The van der Waals surface area contributed by atoms with Gasteiger partial charge in [-0.05, 0) is 61.2 Å². The lowest BCUT2D eigenvalue weighted by Gasteiger charge is -2.27. The Morgan fingerprint density at radius 3 is 2.71 bits per heavy atom. The number of hydrogen-bond acceptors (Lipinski definition) is 3. The number of aryl methyl sites for hydroxylation is 1. The number of halogens is 1. The number of benzene rings is 1. The van der Waals surface area contributed by atoms with Gasteiger partial charge in [0.1, 0.15) is 0 Å². The second-order valence-corrected chi connectivity index (χ2v) is 6.98. The highest BCUT2D eigenvalue weighted by atomic mass is 35.5. The molecule has 2 fully saturated rings. The first-order valence-corrected chi connectivity index (χ1v) is 8.63. The van der Waals surface area contributed by atoms with Crippen LogP contribution in [-0.2, 0) is 9.53 Å². The summed E-state index contributed by atoms with van der Waals surface area (Å²) in [5.41, 5.74) is 2.85. The topological polar surface area (TPSA) is 51.2 Å². The van der Waals surface area contributed by atoms with Crippen LogP contribution in [0.4, 0.5) is 5.69 Å². The van der Waals surface area contributed by atoms with Gasteiger partial charge in [-0.15, -0.1) is 0 Å². The number of pyridine rings is 1. The van der Waals surface area contributed by atoms with Crippen molar-refractivity contribution in [3.05, 3.63) is 58.9 Å². The van der Waals surface area contributed by atoms with E-state index in [4.69, 9.17) is 16.3 Å². The van der Waals surface area contributed by atoms with Gasteiger partial charge in [-0.1, -0.05) is 11.6 Å². The fourth-order valence-corrected chi connectivity index (χ4v) is 4.09. The van der Waals surface area contributed by atoms with Gasteiger partial charge >= 0.3 is 0 Å². The smallest absolute Gasteiger partial charge is 0.230 e. The molecule has 24 heavy (non-hydrogen) atoms. The van der Waals surface area contributed by atoms with E-state index in [2.05, 4.69) is 10.3 Å². The molecule has 2 aliphatic rings. The van der Waals surface area contributed by atoms with E-state index in [1.54, 1.807) is 12.4 Å². The molecule has 0 aliphatic carbocycles. The molecule has 2 aliphatic heterocycles. The van der Waals surface area contributed by atoms with Gasteiger partial charge in [0.25, 0.3) is 0 Å². The maximum absolute atomic E-state index is 12.9. The van der Waals surface area contributed by atoms with Crippen LogP contribution in [0, 0.1) is 12.8 Å². The fourth-order valence-electron chi connectivity index (χ4n) is 3.97. The highest BCUT2D eigenvalue weighted by Crippen LogP contribution is 2.49. The molecule has 0 spiro atoms. The summed E-state index contributed by atoms with van der Waals surface area (Å²) < 4.78 is 6.05. The molecule has 0 radical (unpaired) electrons. The molecule has 5 heteroatoms. The summed E-state index contributed by atoms with van der Waals surface area (Å²) >= 11 is 6.06. The van der Waals surface area contributed by atoms with E-state index < -0.39 is 0 Å². The number of anilines is 1. The number of nitrogens with one attached hydrogen (secondary N) is 1. The van der Waals surface area contributed by atoms with Gasteiger partial charge in [-0.25, -0.2) is 0 Å². The molecular formula is C19H19ClN2O2. The molecule has 124 valence electrons. The molecular weight excluding hydrogens is 324 g/mol. The second kappa shape index (κ2) is 6.19. The SMILES string of the molecule is Cc1cc(NC(=O)[C@H]2[C@H](c3ccncc3)[C@H]3CC[C@@H]2O3)ccc1Cl. The lowest BCUT2D eigenvalue weighted by molar-refractivity contribution is -0.121. The Morgan fingerprint density at radius 1 is 1.21 bits per heavy atom. The summed E-state index contributed by atoms with van der Waals surface area (Å²) in [4.78, 5) is 17.0. The zero-order valence-corrected chi connectivity index (χ0v) is 14.2. The minimum Gasteiger partial charge on any atom is -0.373 e. The Hall–Kier alpha value is -1.91. The van der Waals surface area contributed by atoms with E-state index in [-0.39, 0.29) is 30.0 Å². The van der Waals surface area contributed by atoms with Crippen LogP contribution in [0.15, 0.2) is 42.7 Å². The number of ether oxygens (including phenoxy) is 1. The van der Waals surface area contributed by atoms with Crippen LogP contribution in [0.25, 0.3) is 0 Å². The molecule has 1 N–H and O–H groups in total. The van der Waals surface area contributed by atoms with Crippen LogP contribution in [0.5, 0.6) is 0 Å². The summed E-state index contributed by atoms with van der Waals surface area (Å²) in [6.07, 6.45) is 5.64. The molecule has 4 rings (SSSR count). The molecule has 4 atom stereocenters. The van der Waals surface area contributed by atoms with Gasteiger partial charge in [0.15, 0.2) is 0 Å². The Bertz CT molecular complexity index is 765. The summed E-state index contributed by atoms with van der Waals surface area (Å²) in [7, 11) is 0. The van der Waals surface area contributed by atoms with E-state index in [1.807, 2.05) is 37.3 Å². The Labute approximate surface area is 146 Å². The largest absolute Gasteiger partial charge is 0.373 e. The van der Waals surface area contributed by atoms with Crippen molar-refractivity contribution in [2.45, 2.75) is 37.9 Å². The van der Waals surface area contributed by atoms with Gasteiger partial charge in [0.05, 0.1) is 18.1 Å². The van der Waals surface area contributed by atoms with Gasteiger partial charge in [0.2, 0.25) is 5.91 Å². The van der Waals surface area contributed by atoms with E-state index >= 15 is 0 Å². The molecule has 2 bridgehead atoms. The lowest BCUT2D eigenvalue weighted by atomic mass is 9.75. The van der Waals surface area contributed by atoms with Crippen LogP contribution in [0.1, 0.15) is 29.9 Å². The fraction of sp³-hybridized carbons (Fsp3) is 0.368. The number of fused-ring (bicyclic) bond motifs is 2. The molecule has 0 saturated carbocycles. The molecule has 3 heterocycles. The van der Waals surface area contributed by atoms with E-state index in [1.165, 1.54) is 0 Å². The third-order valence-electron chi connectivity index (χ3n) is 5.09. The first kappa shape index (κ1) is 15.6. The molecule has 2 aromatic rings. The standard InChI is InChI=1S/C19H19ClN2O2/c1-11-10-13(2-3-14(11)20)22-19(23)18-16-5-4-15(24-16)17(18)12-6-8-21-9-7-12/h2-3,6-10,15-18H,4-5H2,1H3,(H,22,23)/t15-,16+,17-,18-/m1/s1. The van der Waals surface area contributed by atoms with Gasteiger partial charge in [-0.2, -0.15) is 0 Å². The average molecular weight is 343 g/mol. The van der Waals surface area contributed by atoms with Crippen molar-refractivity contribution < 1.29 is 9.53 Å². The Kier molecular flexibility index (Phi) is 4.02. The predicted molar refractivity (Wildman–Crippen MR) is 93.2 cm³/mol. The first-order valence-electron chi connectivity index (χ1n) is 8.26. The number of aromatic nitrogens is 1. The number of rotatable bonds is 3. The van der Waals surface area contributed by atoms with Crippen molar-refractivity contribution in [2.75, 3.05) is 5.32 Å². The maximum atomic E-state index is 12.9. The lowest BCUT2D eigenvalue weighted by Crippen LogP contribution is -2.36. The van der Waals surface area contributed by atoms with Crippen molar-refractivity contribution in [1.82, 2.24) is 4.98 Å². The number of carbonyl (C=O) groups is 1. The quantitative estimate of drug-likeness (QED) is 0.919. The van der Waals surface area contributed by atoms with Crippen LogP contribution in [-0.4, -0.2) is 23.1 Å². The van der Waals surface area contributed by atoms with E-state index in [0.29, 0.717) is 5.02 Å². The Balaban J connectivity index is 1.59. The zero-order valence-electron chi connectivity index (χ0n) is 13.4. The minimum atomic E-state index is -0.165. The number of hydrogen-bond donors (Lipinski definition) is 1. The van der Waals surface area contributed by atoms with Gasteiger partial charge in [-0.3, -0.25) is 9.78 Å². The molecule has 1 amide bonds. The first-order chi connectivity index (χ1) is 11.6. The van der Waals surface area contributed by atoms with E-state index in [0.717, 1.165) is 29.7 Å². The third kappa shape index (κ3) is 2.70. The zero-order chi connectivity index (χ0) is 16.7. The van der Waals surface area contributed by atoms with Crippen LogP contribution < -0.4 is 5.32 Å². The number of carbonyl (C=O) groups excluding carboxylic acids is 1. The van der Waals surface area contributed by atoms with E-state index in [9.17, 15) is 4.79 Å². The average Bonchev–Trinajstić information content (AvgIpc) is 3.20. The normalized spacial score (nSPS) is 28.1. The summed E-state index contributed by atoms with van der Waals surface area (Å²) in [6.45, 7) is 1.93. The molecule has 1 aromatic heterocycles. The summed E-state index contributed by atoms with van der Waals surface area (Å²) in [6, 6.07) is 9.52. The third-order valence-corrected chi connectivity index (χ3v) is 5.52. The van der Waals surface area contributed by atoms with Gasteiger partial charge < -0.3 is 10.1 Å². The predicted octanol–water partition coefficient (Wildman–Crippen LogP) is 3.94. The number of amides is 1. The Morgan fingerprint density at radius 2 is 1.96 bits per heavy atom. The molecule has 0 unspecified atom stereocenters. The maximum Gasteiger partial charge on any atom is 0.230 e. The van der Waals surface area contributed by atoms with Crippen LogP contribution in [0.3, 0.4) is 0 Å². The molecule has 1 aromatic carbocycles. The van der Waals surface area contributed by atoms with Crippen molar-refractivity contribution in [3.63, 3.8) is 0 Å². The summed E-state index contributed by atoms with van der Waals surface area (Å²) in [5.74, 6) is -0.0481. The van der Waals surface area contributed by atoms with Crippen molar-refractivity contribution in [1.29, 1.82) is 0 Å². The van der Waals surface area contributed by atoms with Crippen LogP contribution >= 0.6 is 11.6 Å². The summed E-state index contributed by atoms with van der Waals surface area (Å²) in [5, 5.41) is 3.74. The van der Waals surface area contributed by atoms with Crippen molar-refractivity contribution in [2.24, 2.45) is 5.92 Å². The van der Waals surface area contributed by atoms with Crippen molar-refractivity contribution >= 4 is 23.2 Å². The van der Waals surface area contributed by atoms with Crippen molar-refractivity contribution in [3.8, 4) is 0 Å². The molecule has 4 nitrogen and oxygen atoms in total. The highest BCUT2D eigenvalue weighted by Gasteiger charge is 2.52. The monoisotopic (exact) mass is 342 g/mol. The number of nitrogens with zero attached hydrogens (tertiary/aromatic N) is 1. The molecule has 2 saturated heterocycles. The second-order valence-electron chi connectivity index (χ2n) is 6.58. The minimum absolute atomic E-state index is 0.00145. The van der Waals surface area contributed by atoms with Gasteiger partial charge in [0, 0.05) is 29.0 Å².